The number of thioether (sulfide) groups is 2. The number of amides is 1. The van der Waals surface area contributed by atoms with Crippen LogP contribution in [0.2, 0.25) is 0 Å². The zero-order chi connectivity index (χ0) is 19.2. The molecule has 0 bridgehead atoms. The van der Waals surface area contributed by atoms with E-state index in [9.17, 15) is 13.2 Å². The third-order valence-corrected chi connectivity index (χ3v) is 6.74. The summed E-state index contributed by atoms with van der Waals surface area (Å²) in [5.74, 6) is 0.390. The molecule has 0 atom stereocenters. The summed E-state index contributed by atoms with van der Waals surface area (Å²) in [5, 5.41) is 2.67. The van der Waals surface area contributed by atoms with E-state index in [0.29, 0.717) is 18.0 Å². The Kier molecular flexibility index (Phi) is 7.57. The lowest BCUT2D eigenvalue weighted by molar-refractivity contribution is -0.114. The van der Waals surface area contributed by atoms with Crippen LogP contribution in [0.4, 0.5) is 5.69 Å². The summed E-state index contributed by atoms with van der Waals surface area (Å²) >= 11 is 3.04. The van der Waals surface area contributed by atoms with Crippen molar-refractivity contribution < 1.29 is 13.2 Å². The Morgan fingerprint density at radius 3 is 2.42 bits per heavy atom. The van der Waals surface area contributed by atoms with Gasteiger partial charge in [-0.1, -0.05) is 17.7 Å². The molecule has 0 aliphatic heterocycles. The van der Waals surface area contributed by atoms with Crippen molar-refractivity contribution in [2.45, 2.75) is 28.5 Å². The van der Waals surface area contributed by atoms with Gasteiger partial charge in [0.05, 0.1) is 10.6 Å². The number of rotatable bonds is 8. The third kappa shape index (κ3) is 6.05. The second-order valence-corrected chi connectivity index (χ2v) is 9.39. The number of nitrogens with one attached hydrogen (secondary N) is 2. The van der Waals surface area contributed by atoms with Gasteiger partial charge >= 0.3 is 0 Å². The molecule has 2 aromatic carbocycles. The summed E-state index contributed by atoms with van der Waals surface area (Å²) in [6.07, 6.45) is 1.87. The monoisotopic (exact) mass is 410 g/mol. The van der Waals surface area contributed by atoms with Crippen molar-refractivity contribution in [3.05, 3.63) is 48.0 Å². The molecule has 26 heavy (non-hydrogen) atoms. The summed E-state index contributed by atoms with van der Waals surface area (Å²) in [5.41, 5.74) is 1.70. The standard InChI is InChI=1S/C18H22N2O3S3/c1-13-4-6-15(7-5-13)25-11-10-19-26(22,23)16-8-9-18(24-3)17(12-16)20-14(2)21/h4-9,12,19H,10-11H2,1-3H3,(H,20,21). The Morgan fingerprint density at radius 1 is 1.12 bits per heavy atom. The molecule has 2 N–H and O–H groups in total. The highest BCUT2D eigenvalue weighted by atomic mass is 32.2. The van der Waals surface area contributed by atoms with E-state index in [-0.39, 0.29) is 10.8 Å². The topological polar surface area (TPSA) is 75.3 Å². The van der Waals surface area contributed by atoms with Crippen molar-refractivity contribution in [1.82, 2.24) is 4.72 Å². The maximum Gasteiger partial charge on any atom is 0.240 e. The first kappa shape index (κ1) is 20.8. The van der Waals surface area contributed by atoms with Crippen molar-refractivity contribution in [2.24, 2.45) is 0 Å². The summed E-state index contributed by atoms with van der Waals surface area (Å²) < 4.78 is 27.6. The summed E-state index contributed by atoms with van der Waals surface area (Å²) in [6, 6.07) is 12.8. The molecular weight excluding hydrogens is 388 g/mol. The average molecular weight is 411 g/mol. The van der Waals surface area contributed by atoms with E-state index in [2.05, 4.69) is 10.0 Å². The van der Waals surface area contributed by atoms with E-state index < -0.39 is 10.0 Å². The van der Waals surface area contributed by atoms with Crippen molar-refractivity contribution in [1.29, 1.82) is 0 Å². The molecule has 0 aliphatic rings. The number of carbonyl (C=O) groups excluding carboxylic acids is 1. The average Bonchev–Trinajstić information content (AvgIpc) is 2.59. The molecule has 0 radical (unpaired) electrons. The highest BCUT2D eigenvalue weighted by molar-refractivity contribution is 7.99. The van der Waals surface area contributed by atoms with Gasteiger partial charge in [-0.2, -0.15) is 0 Å². The van der Waals surface area contributed by atoms with Crippen LogP contribution >= 0.6 is 23.5 Å². The second kappa shape index (κ2) is 9.45. The number of hydrogen-bond donors (Lipinski definition) is 2. The number of carbonyl (C=O) groups is 1. The van der Waals surface area contributed by atoms with E-state index >= 15 is 0 Å². The Morgan fingerprint density at radius 2 is 1.81 bits per heavy atom. The molecule has 0 aromatic heterocycles. The number of sulfonamides is 1. The zero-order valence-corrected chi connectivity index (χ0v) is 17.4. The van der Waals surface area contributed by atoms with Crippen LogP contribution in [-0.2, 0) is 14.8 Å². The van der Waals surface area contributed by atoms with E-state index in [0.717, 1.165) is 9.79 Å². The van der Waals surface area contributed by atoms with Gasteiger partial charge in [-0.3, -0.25) is 4.79 Å². The van der Waals surface area contributed by atoms with Crippen LogP contribution in [0.3, 0.4) is 0 Å². The first-order chi connectivity index (χ1) is 12.3. The minimum absolute atomic E-state index is 0.138. The molecule has 0 spiro atoms. The first-order valence-electron chi connectivity index (χ1n) is 7.96. The van der Waals surface area contributed by atoms with Crippen LogP contribution < -0.4 is 10.0 Å². The lowest BCUT2D eigenvalue weighted by Gasteiger charge is -2.12. The summed E-state index contributed by atoms with van der Waals surface area (Å²) in [6.45, 7) is 3.74. The van der Waals surface area contributed by atoms with E-state index in [4.69, 9.17) is 0 Å². The van der Waals surface area contributed by atoms with Crippen molar-refractivity contribution in [3.63, 3.8) is 0 Å². The molecule has 2 rings (SSSR count). The van der Waals surface area contributed by atoms with E-state index in [1.165, 1.54) is 30.3 Å². The van der Waals surface area contributed by atoms with Gasteiger partial charge in [-0.15, -0.1) is 23.5 Å². The van der Waals surface area contributed by atoms with Gasteiger partial charge in [0.1, 0.15) is 0 Å². The molecule has 0 aliphatic carbocycles. The maximum atomic E-state index is 12.5. The van der Waals surface area contributed by atoms with Crippen LogP contribution in [-0.4, -0.2) is 32.9 Å². The van der Waals surface area contributed by atoms with Gasteiger partial charge in [0.25, 0.3) is 0 Å². The third-order valence-electron chi connectivity index (χ3n) is 3.48. The molecule has 0 saturated heterocycles. The predicted octanol–water partition coefficient (Wildman–Crippen LogP) is 3.75. The number of aryl methyl sites for hydroxylation is 1. The maximum absolute atomic E-state index is 12.5. The molecule has 5 nitrogen and oxygen atoms in total. The highest BCUT2D eigenvalue weighted by Gasteiger charge is 2.16. The van der Waals surface area contributed by atoms with Gasteiger partial charge in [0, 0.05) is 29.0 Å². The fourth-order valence-electron chi connectivity index (χ4n) is 2.20. The van der Waals surface area contributed by atoms with Crippen LogP contribution in [0.1, 0.15) is 12.5 Å². The summed E-state index contributed by atoms with van der Waals surface area (Å²) in [7, 11) is -3.63. The molecule has 8 heteroatoms. The normalized spacial score (nSPS) is 11.3. The van der Waals surface area contributed by atoms with Crippen LogP contribution in [0, 0.1) is 6.92 Å². The molecular formula is C18H22N2O3S3. The number of anilines is 1. The quantitative estimate of drug-likeness (QED) is 0.512. The molecule has 0 fully saturated rings. The van der Waals surface area contributed by atoms with Crippen molar-refractivity contribution >= 4 is 45.1 Å². The fourth-order valence-corrected chi connectivity index (χ4v) is 4.69. The molecule has 0 saturated carbocycles. The van der Waals surface area contributed by atoms with Crippen LogP contribution in [0.25, 0.3) is 0 Å². The van der Waals surface area contributed by atoms with Crippen LogP contribution in [0.5, 0.6) is 0 Å². The van der Waals surface area contributed by atoms with Crippen LogP contribution in [0.15, 0.2) is 57.2 Å². The highest BCUT2D eigenvalue weighted by Crippen LogP contribution is 2.28. The molecule has 1 amide bonds. The first-order valence-corrected chi connectivity index (χ1v) is 11.7. The Bertz CT molecular complexity index is 866. The number of benzene rings is 2. The molecule has 0 unspecified atom stereocenters. The fraction of sp³-hybridized carbons (Fsp3) is 0.278. The second-order valence-electron chi connectivity index (χ2n) is 5.60. The lowest BCUT2D eigenvalue weighted by atomic mass is 10.2. The van der Waals surface area contributed by atoms with Crippen molar-refractivity contribution in [2.75, 3.05) is 23.9 Å². The SMILES string of the molecule is CSc1ccc(S(=O)(=O)NCCSc2ccc(C)cc2)cc1NC(C)=O. The van der Waals surface area contributed by atoms with E-state index in [1.807, 2.05) is 37.4 Å². The Balaban J connectivity index is 2.00. The van der Waals surface area contributed by atoms with Gasteiger partial charge in [0.2, 0.25) is 15.9 Å². The Labute approximate surface area is 163 Å². The molecule has 0 heterocycles. The minimum atomic E-state index is -3.63. The Hall–Kier alpha value is -1.48. The predicted molar refractivity (Wildman–Crippen MR) is 110 cm³/mol. The zero-order valence-electron chi connectivity index (χ0n) is 14.9. The minimum Gasteiger partial charge on any atom is -0.325 e. The smallest absolute Gasteiger partial charge is 0.240 e. The molecule has 2 aromatic rings. The van der Waals surface area contributed by atoms with Gasteiger partial charge in [-0.05, 0) is 43.5 Å². The number of hydrogen-bond acceptors (Lipinski definition) is 5. The van der Waals surface area contributed by atoms with Gasteiger partial charge < -0.3 is 5.32 Å². The van der Waals surface area contributed by atoms with Crippen molar-refractivity contribution in [3.8, 4) is 0 Å². The van der Waals surface area contributed by atoms with Gasteiger partial charge in [-0.25, -0.2) is 13.1 Å². The lowest BCUT2D eigenvalue weighted by Crippen LogP contribution is -2.26. The summed E-state index contributed by atoms with van der Waals surface area (Å²) in [4.78, 5) is 13.4. The largest absolute Gasteiger partial charge is 0.325 e. The van der Waals surface area contributed by atoms with E-state index in [1.54, 1.807) is 23.9 Å². The molecule has 140 valence electrons. The van der Waals surface area contributed by atoms with Gasteiger partial charge in [0.15, 0.2) is 0 Å².